The van der Waals surface area contributed by atoms with E-state index in [-0.39, 0.29) is 36.4 Å². The first kappa shape index (κ1) is 26.2. The van der Waals surface area contributed by atoms with Crippen molar-refractivity contribution >= 4 is 15.9 Å². The highest BCUT2D eigenvalue weighted by Crippen LogP contribution is 2.51. The molecule has 1 saturated carbocycles. The zero-order valence-electron chi connectivity index (χ0n) is 20.0. The number of amides is 1. The van der Waals surface area contributed by atoms with Gasteiger partial charge in [-0.15, -0.1) is 0 Å². The van der Waals surface area contributed by atoms with E-state index in [9.17, 15) is 30.8 Å². The second-order valence-electron chi connectivity index (χ2n) is 9.48. The van der Waals surface area contributed by atoms with E-state index in [0.29, 0.717) is 16.9 Å². The zero-order chi connectivity index (χ0) is 27.1. The molecule has 2 fully saturated rings. The van der Waals surface area contributed by atoms with Crippen LogP contribution in [-0.2, 0) is 34.1 Å². The van der Waals surface area contributed by atoms with Crippen LogP contribution >= 0.6 is 0 Å². The number of nitrogens with one attached hydrogen (secondary N) is 1. The van der Waals surface area contributed by atoms with Crippen molar-refractivity contribution in [3.05, 3.63) is 95.3 Å². The third kappa shape index (κ3) is 5.53. The van der Waals surface area contributed by atoms with Gasteiger partial charge in [-0.05, 0) is 77.9 Å². The van der Waals surface area contributed by atoms with Crippen LogP contribution in [0.15, 0.2) is 77.7 Å². The molecule has 0 bridgehead atoms. The third-order valence-corrected chi connectivity index (χ3v) is 8.71. The number of piperidine rings is 1. The van der Waals surface area contributed by atoms with Crippen LogP contribution in [0.1, 0.15) is 23.1 Å². The van der Waals surface area contributed by atoms with E-state index < -0.39 is 39.5 Å². The van der Waals surface area contributed by atoms with Crippen molar-refractivity contribution in [1.29, 1.82) is 0 Å². The summed E-state index contributed by atoms with van der Waals surface area (Å²) < 4.78 is 84.7. The van der Waals surface area contributed by atoms with Gasteiger partial charge in [-0.25, -0.2) is 12.8 Å². The fraction of sp³-hybridized carbons (Fsp3) is 0.296. The van der Waals surface area contributed by atoms with Crippen molar-refractivity contribution in [2.75, 3.05) is 6.54 Å². The minimum atomic E-state index is -4.40. The Hall–Kier alpha value is -3.44. The molecule has 3 aromatic rings. The quantitative estimate of drug-likeness (QED) is 0.413. The summed E-state index contributed by atoms with van der Waals surface area (Å²) in [7, 11) is -3.96. The molecule has 1 N–H and O–H groups in total. The number of carbonyl (C=O) groups excluding carboxylic acids is 1. The van der Waals surface area contributed by atoms with Crippen LogP contribution in [-0.4, -0.2) is 31.2 Å². The van der Waals surface area contributed by atoms with E-state index in [2.05, 4.69) is 5.32 Å². The number of rotatable bonds is 8. The minimum Gasteiger partial charge on any atom is -0.489 e. The maximum absolute atomic E-state index is 13.3. The number of hydrogen-bond donors (Lipinski definition) is 1. The first-order valence-corrected chi connectivity index (χ1v) is 13.4. The van der Waals surface area contributed by atoms with Crippen molar-refractivity contribution in [2.24, 2.45) is 11.8 Å². The summed E-state index contributed by atoms with van der Waals surface area (Å²) in [5.74, 6) is -0.406. The van der Waals surface area contributed by atoms with Crippen molar-refractivity contribution in [3.8, 4) is 5.75 Å². The molecular weight excluding hydrogens is 524 g/mol. The summed E-state index contributed by atoms with van der Waals surface area (Å²) in [5.41, 5.74) is 0.545. The highest BCUT2D eigenvalue weighted by molar-refractivity contribution is 7.89. The van der Waals surface area contributed by atoms with Gasteiger partial charge in [0, 0.05) is 13.1 Å². The number of nitrogens with zero attached hydrogens (tertiary/aromatic N) is 1. The molecule has 5 rings (SSSR count). The van der Waals surface area contributed by atoms with E-state index >= 15 is 0 Å². The summed E-state index contributed by atoms with van der Waals surface area (Å²) in [6, 6.07) is 15.3. The van der Waals surface area contributed by atoms with E-state index in [0.717, 1.165) is 30.7 Å². The topological polar surface area (TPSA) is 75.7 Å². The fourth-order valence-electron chi connectivity index (χ4n) is 4.74. The van der Waals surface area contributed by atoms with E-state index in [1.165, 1.54) is 28.6 Å². The molecule has 1 aliphatic carbocycles. The van der Waals surface area contributed by atoms with Gasteiger partial charge in [-0.3, -0.25) is 4.79 Å². The second kappa shape index (κ2) is 10.0. The Morgan fingerprint density at radius 1 is 1.00 bits per heavy atom. The number of carbonyl (C=O) groups is 1. The number of alkyl halides is 3. The average Bonchev–Trinajstić information content (AvgIpc) is 3.55. The van der Waals surface area contributed by atoms with Crippen LogP contribution < -0.4 is 10.1 Å². The summed E-state index contributed by atoms with van der Waals surface area (Å²) in [5, 5.41) is 2.81. The van der Waals surface area contributed by atoms with Gasteiger partial charge < -0.3 is 10.1 Å². The first-order chi connectivity index (χ1) is 18.0. The summed E-state index contributed by atoms with van der Waals surface area (Å²) in [6.07, 6.45) is -3.62. The summed E-state index contributed by atoms with van der Waals surface area (Å²) in [4.78, 5) is 13.0. The standard InChI is InChI=1S/C27H24F4N2O4S/c28-21-8-10-23(11-9-21)38(35,36)33-15-19-13-24(19)25(33)26(34)32-14-18-2-1-3-22(12-18)37-16-17-4-6-20(7-5-17)27(29,30)31/h1-12,19,24-25H,13-16H2,(H,32,34)/t19-,24-,25+/m1/s1. The van der Waals surface area contributed by atoms with E-state index in [1.807, 2.05) is 0 Å². The smallest absolute Gasteiger partial charge is 0.416 e. The Bertz CT molecular complexity index is 1430. The maximum atomic E-state index is 13.3. The lowest BCUT2D eigenvalue weighted by atomic mass is 10.1. The van der Waals surface area contributed by atoms with Gasteiger partial charge >= 0.3 is 6.18 Å². The molecule has 11 heteroatoms. The Kier molecular flexibility index (Phi) is 6.91. The highest BCUT2D eigenvalue weighted by Gasteiger charge is 2.58. The lowest BCUT2D eigenvalue weighted by molar-refractivity contribution is -0.137. The predicted octanol–water partition coefficient (Wildman–Crippen LogP) is 4.75. The molecule has 0 aromatic heterocycles. The monoisotopic (exact) mass is 548 g/mol. The van der Waals surface area contributed by atoms with Crippen molar-refractivity contribution < 1.29 is 35.5 Å². The minimum absolute atomic E-state index is 0.0522. The molecule has 0 spiro atoms. The van der Waals surface area contributed by atoms with Crippen molar-refractivity contribution in [3.63, 3.8) is 0 Å². The Morgan fingerprint density at radius 2 is 1.71 bits per heavy atom. The molecule has 38 heavy (non-hydrogen) atoms. The van der Waals surface area contributed by atoms with Gasteiger partial charge in [0.05, 0.1) is 10.5 Å². The summed E-state index contributed by atoms with van der Waals surface area (Å²) >= 11 is 0. The molecule has 6 nitrogen and oxygen atoms in total. The lowest BCUT2D eigenvalue weighted by Crippen LogP contribution is -2.48. The Balaban J connectivity index is 1.20. The molecule has 1 aliphatic heterocycles. The molecule has 1 amide bonds. The van der Waals surface area contributed by atoms with Crippen LogP contribution in [0.5, 0.6) is 5.75 Å². The SMILES string of the molecule is O=C(NCc1cccc(OCc2ccc(C(F)(F)F)cc2)c1)[C@@H]1[C@@H]2C[C@@H]2CN1S(=O)(=O)c1ccc(F)cc1. The molecule has 0 unspecified atom stereocenters. The van der Waals surface area contributed by atoms with Crippen LogP contribution in [0.4, 0.5) is 17.6 Å². The maximum Gasteiger partial charge on any atom is 0.416 e. The van der Waals surface area contributed by atoms with Gasteiger partial charge in [0.15, 0.2) is 0 Å². The van der Waals surface area contributed by atoms with Gasteiger partial charge in [-0.1, -0.05) is 24.3 Å². The van der Waals surface area contributed by atoms with E-state index in [1.54, 1.807) is 24.3 Å². The average molecular weight is 549 g/mol. The normalized spacial score (nSPS) is 21.1. The van der Waals surface area contributed by atoms with Crippen molar-refractivity contribution in [2.45, 2.75) is 36.7 Å². The fourth-order valence-corrected chi connectivity index (χ4v) is 6.43. The second-order valence-corrected chi connectivity index (χ2v) is 11.4. The van der Waals surface area contributed by atoms with Crippen molar-refractivity contribution in [1.82, 2.24) is 9.62 Å². The molecular formula is C27H24F4N2O4S. The molecule has 0 radical (unpaired) electrons. The molecule has 3 aromatic carbocycles. The molecule has 2 aliphatic rings. The van der Waals surface area contributed by atoms with Gasteiger partial charge in [-0.2, -0.15) is 17.5 Å². The highest BCUT2D eigenvalue weighted by atomic mass is 32.2. The van der Waals surface area contributed by atoms with Gasteiger partial charge in [0.25, 0.3) is 0 Å². The Labute approximate surface area is 217 Å². The van der Waals surface area contributed by atoms with Crippen LogP contribution in [0.25, 0.3) is 0 Å². The molecule has 1 heterocycles. The number of ether oxygens (including phenoxy) is 1. The lowest BCUT2D eigenvalue weighted by Gasteiger charge is -2.26. The number of sulfonamides is 1. The van der Waals surface area contributed by atoms with Crippen LogP contribution in [0.3, 0.4) is 0 Å². The third-order valence-electron chi connectivity index (χ3n) is 6.85. The van der Waals surface area contributed by atoms with E-state index in [4.69, 9.17) is 4.74 Å². The number of fused-ring (bicyclic) bond motifs is 1. The number of hydrogen-bond acceptors (Lipinski definition) is 4. The summed E-state index contributed by atoms with van der Waals surface area (Å²) in [6.45, 7) is 0.444. The Morgan fingerprint density at radius 3 is 2.39 bits per heavy atom. The molecule has 3 atom stereocenters. The number of benzene rings is 3. The van der Waals surface area contributed by atoms with Gasteiger partial charge in [0.1, 0.15) is 24.2 Å². The van der Waals surface area contributed by atoms with Gasteiger partial charge in [0.2, 0.25) is 15.9 Å². The zero-order valence-corrected chi connectivity index (χ0v) is 20.8. The molecule has 1 saturated heterocycles. The predicted molar refractivity (Wildman–Crippen MR) is 130 cm³/mol. The van der Waals surface area contributed by atoms with Crippen LogP contribution in [0.2, 0.25) is 0 Å². The van der Waals surface area contributed by atoms with Crippen LogP contribution in [0, 0.1) is 17.7 Å². The largest absolute Gasteiger partial charge is 0.489 e. The first-order valence-electron chi connectivity index (χ1n) is 12.0. The molecule has 200 valence electrons. The number of halogens is 4.